The highest BCUT2D eigenvalue weighted by Crippen LogP contribution is 2.32. The van der Waals surface area contributed by atoms with E-state index in [9.17, 15) is 4.79 Å². The zero-order chi connectivity index (χ0) is 14.1. The Morgan fingerprint density at radius 3 is 2.58 bits per heavy atom. The SMILES string of the molecule is C/C=C/CCC(CC)CC1CCC(NC(=O)O)CC1. The molecule has 19 heavy (non-hydrogen) atoms. The van der Waals surface area contributed by atoms with Crippen LogP contribution in [-0.2, 0) is 0 Å². The maximum atomic E-state index is 10.6. The first kappa shape index (κ1) is 16.1. The lowest BCUT2D eigenvalue weighted by molar-refractivity contribution is 0.179. The van der Waals surface area contributed by atoms with Gasteiger partial charge < -0.3 is 10.4 Å². The van der Waals surface area contributed by atoms with Crippen LogP contribution in [0.2, 0.25) is 0 Å². The Labute approximate surface area is 117 Å². The molecule has 0 aromatic rings. The molecule has 110 valence electrons. The van der Waals surface area contributed by atoms with Crippen molar-refractivity contribution in [2.75, 3.05) is 0 Å². The molecule has 1 rings (SSSR count). The van der Waals surface area contributed by atoms with Gasteiger partial charge in [0.2, 0.25) is 0 Å². The van der Waals surface area contributed by atoms with Crippen molar-refractivity contribution in [1.29, 1.82) is 0 Å². The molecule has 0 aromatic heterocycles. The van der Waals surface area contributed by atoms with E-state index in [0.29, 0.717) is 0 Å². The molecular formula is C16H29NO2. The third-order valence-corrected chi connectivity index (χ3v) is 4.40. The maximum Gasteiger partial charge on any atom is 0.404 e. The lowest BCUT2D eigenvalue weighted by atomic mass is 9.79. The van der Waals surface area contributed by atoms with E-state index in [2.05, 4.69) is 31.3 Å². The number of allylic oxidation sites excluding steroid dienone is 2. The van der Waals surface area contributed by atoms with Crippen molar-refractivity contribution in [1.82, 2.24) is 5.32 Å². The number of carbonyl (C=O) groups is 1. The van der Waals surface area contributed by atoms with Crippen molar-refractivity contribution in [3.8, 4) is 0 Å². The van der Waals surface area contributed by atoms with Gasteiger partial charge in [-0.3, -0.25) is 0 Å². The molecule has 0 aromatic carbocycles. The van der Waals surface area contributed by atoms with Crippen molar-refractivity contribution in [2.45, 2.75) is 71.3 Å². The summed E-state index contributed by atoms with van der Waals surface area (Å²) < 4.78 is 0. The minimum atomic E-state index is -0.874. The van der Waals surface area contributed by atoms with Crippen molar-refractivity contribution in [3.05, 3.63) is 12.2 Å². The van der Waals surface area contributed by atoms with Gasteiger partial charge in [-0.15, -0.1) is 0 Å². The molecule has 0 radical (unpaired) electrons. The van der Waals surface area contributed by atoms with E-state index in [0.717, 1.165) is 24.7 Å². The Hall–Kier alpha value is -0.990. The summed E-state index contributed by atoms with van der Waals surface area (Å²) in [5.74, 6) is 1.65. The second kappa shape index (κ2) is 9.00. The van der Waals surface area contributed by atoms with Crippen LogP contribution < -0.4 is 5.32 Å². The quantitative estimate of drug-likeness (QED) is 0.663. The summed E-state index contributed by atoms with van der Waals surface area (Å²) in [4.78, 5) is 10.6. The van der Waals surface area contributed by atoms with E-state index < -0.39 is 6.09 Å². The third kappa shape index (κ3) is 6.65. The standard InChI is InChI=1S/C16H29NO2/c1-3-5-6-7-13(4-2)12-14-8-10-15(11-9-14)17-16(18)19/h3,5,13-15,17H,4,6-12H2,1-2H3,(H,18,19)/b5-3+. The predicted octanol–water partition coefficient (Wildman–Crippen LogP) is 4.59. The highest BCUT2D eigenvalue weighted by Gasteiger charge is 2.23. The van der Waals surface area contributed by atoms with Gasteiger partial charge in [0.25, 0.3) is 0 Å². The lowest BCUT2D eigenvalue weighted by Crippen LogP contribution is -2.36. The highest BCUT2D eigenvalue weighted by atomic mass is 16.4. The zero-order valence-corrected chi connectivity index (χ0v) is 12.4. The Morgan fingerprint density at radius 1 is 1.37 bits per heavy atom. The van der Waals surface area contributed by atoms with Crippen LogP contribution in [0.4, 0.5) is 4.79 Å². The van der Waals surface area contributed by atoms with E-state index in [1.54, 1.807) is 0 Å². The summed E-state index contributed by atoms with van der Waals surface area (Å²) in [5, 5.41) is 11.3. The number of rotatable bonds is 7. The largest absolute Gasteiger partial charge is 0.465 e. The Balaban J connectivity index is 2.24. The summed E-state index contributed by atoms with van der Waals surface area (Å²) in [6.07, 6.45) is 13.0. The molecule has 0 spiro atoms. The summed E-state index contributed by atoms with van der Waals surface area (Å²) >= 11 is 0. The molecule has 0 saturated heterocycles. The van der Waals surface area contributed by atoms with Crippen LogP contribution in [-0.4, -0.2) is 17.2 Å². The van der Waals surface area contributed by atoms with Crippen LogP contribution in [0.25, 0.3) is 0 Å². The lowest BCUT2D eigenvalue weighted by Gasteiger charge is -2.30. The molecule has 1 atom stereocenters. The van der Waals surface area contributed by atoms with Crippen molar-refractivity contribution < 1.29 is 9.90 Å². The Bertz CT molecular complexity index is 280. The Kier molecular flexibility index (Phi) is 7.61. The molecule has 1 unspecified atom stereocenters. The fourth-order valence-corrected chi connectivity index (χ4v) is 3.18. The van der Waals surface area contributed by atoms with Crippen LogP contribution in [0.15, 0.2) is 12.2 Å². The predicted molar refractivity (Wildman–Crippen MR) is 79.4 cm³/mol. The van der Waals surface area contributed by atoms with Gasteiger partial charge in [0.1, 0.15) is 0 Å². The number of carboxylic acid groups (broad SMARTS) is 1. The minimum Gasteiger partial charge on any atom is -0.465 e. The number of amides is 1. The number of hydrogen-bond acceptors (Lipinski definition) is 1. The topological polar surface area (TPSA) is 49.3 Å². The van der Waals surface area contributed by atoms with Gasteiger partial charge in [-0.25, -0.2) is 4.79 Å². The second-order valence-corrected chi connectivity index (χ2v) is 5.82. The normalized spacial score (nSPS) is 25.4. The van der Waals surface area contributed by atoms with Gasteiger partial charge in [0.05, 0.1) is 0 Å². The smallest absolute Gasteiger partial charge is 0.404 e. The molecule has 3 nitrogen and oxygen atoms in total. The maximum absolute atomic E-state index is 10.6. The van der Waals surface area contributed by atoms with Crippen molar-refractivity contribution >= 4 is 6.09 Å². The monoisotopic (exact) mass is 267 g/mol. The summed E-state index contributed by atoms with van der Waals surface area (Å²) in [7, 11) is 0. The molecule has 1 amide bonds. The van der Waals surface area contributed by atoms with Crippen LogP contribution in [0.3, 0.4) is 0 Å². The van der Waals surface area contributed by atoms with Gasteiger partial charge >= 0.3 is 6.09 Å². The van der Waals surface area contributed by atoms with E-state index in [4.69, 9.17) is 5.11 Å². The fraction of sp³-hybridized carbons (Fsp3) is 0.812. The first-order valence-electron chi connectivity index (χ1n) is 7.76. The second-order valence-electron chi connectivity index (χ2n) is 5.82. The van der Waals surface area contributed by atoms with Crippen LogP contribution in [0.1, 0.15) is 65.2 Å². The van der Waals surface area contributed by atoms with E-state index in [1.807, 2.05) is 0 Å². The molecule has 1 aliphatic rings. The number of nitrogens with one attached hydrogen (secondary N) is 1. The molecule has 0 aliphatic heterocycles. The average Bonchev–Trinajstić information content (AvgIpc) is 2.39. The zero-order valence-electron chi connectivity index (χ0n) is 12.4. The summed E-state index contributed by atoms with van der Waals surface area (Å²) in [6.45, 7) is 4.37. The van der Waals surface area contributed by atoms with E-state index in [-0.39, 0.29) is 6.04 Å². The highest BCUT2D eigenvalue weighted by molar-refractivity contribution is 5.64. The van der Waals surface area contributed by atoms with Gasteiger partial charge in [0, 0.05) is 6.04 Å². The molecule has 1 saturated carbocycles. The van der Waals surface area contributed by atoms with Gasteiger partial charge in [-0.05, 0) is 63.7 Å². The first-order chi connectivity index (χ1) is 9.15. The average molecular weight is 267 g/mol. The minimum absolute atomic E-state index is 0.192. The number of hydrogen-bond donors (Lipinski definition) is 2. The fourth-order valence-electron chi connectivity index (χ4n) is 3.18. The van der Waals surface area contributed by atoms with Crippen molar-refractivity contribution in [2.24, 2.45) is 11.8 Å². The van der Waals surface area contributed by atoms with E-state index >= 15 is 0 Å². The molecule has 0 bridgehead atoms. The summed E-state index contributed by atoms with van der Waals surface area (Å²) in [6, 6.07) is 0.192. The Morgan fingerprint density at radius 2 is 2.05 bits per heavy atom. The van der Waals surface area contributed by atoms with Gasteiger partial charge in [-0.2, -0.15) is 0 Å². The van der Waals surface area contributed by atoms with Crippen molar-refractivity contribution in [3.63, 3.8) is 0 Å². The van der Waals surface area contributed by atoms with Gasteiger partial charge in [0.15, 0.2) is 0 Å². The molecule has 1 fully saturated rings. The molecule has 1 aliphatic carbocycles. The third-order valence-electron chi connectivity index (χ3n) is 4.40. The molecule has 0 heterocycles. The van der Waals surface area contributed by atoms with Crippen LogP contribution in [0, 0.1) is 11.8 Å². The first-order valence-corrected chi connectivity index (χ1v) is 7.76. The molecular weight excluding hydrogens is 238 g/mol. The van der Waals surface area contributed by atoms with Crippen LogP contribution in [0.5, 0.6) is 0 Å². The molecule has 2 N–H and O–H groups in total. The molecule has 3 heteroatoms. The summed E-state index contributed by atoms with van der Waals surface area (Å²) in [5.41, 5.74) is 0. The van der Waals surface area contributed by atoms with E-state index in [1.165, 1.54) is 38.5 Å². The van der Waals surface area contributed by atoms with Crippen LogP contribution >= 0.6 is 0 Å². The van der Waals surface area contributed by atoms with Gasteiger partial charge in [-0.1, -0.05) is 25.5 Å².